The number of fused-ring (bicyclic) bond motifs is 1. The summed E-state index contributed by atoms with van der Waals surface area (Å²) in [5, 5.41) is 14.9. The molecular weight excluding hydrogens is 366 g/mol. The molecule has 1 saturated carbocycles. The van der Waals surface area contributed by atoms with Crippen LogP contribution in [0, 0.1) is 11.8 Å². The van der Waals surface area contributed by atoms with Gasteiger partial charge < -0.3 is 20.6 Å². The van der Waals surface area contributed by atoms with Crippen molar-refractivity contribution in [3.8, 4) is 0 Å². The maximum absolute atomic E-state index is 12.5. The summed E-state index contributed by atoms with van der Waals surface area (Å²) in [6.07, 6.45) is 1.31. The summed E-state index contributed by atoms with van der Waals surface area (Å²) >= 11 is 0. The van der Waals surface area contributed by atoms with Crippen LogP contribution in [0.15, 0.2) is 48.5 Å². The fraction of sp³-hybridized carbons (Fsp3) is 0.391. The molecule has 29 heavy (non-hydrogen) atoms. The molecule has 4 rings (SSSR count). The van der Waals surface area contributed by atoms with E-state index in [9.17, 15) is 9.59 Å². The van der Waals surface area contributed by atoms with Crippen LogP contribution in [-0.4, -0.2) is 23.1 Å². The lowest BCUT2D eigenvalue weighted by Crippen LogP contribution is -2.51. The smallest absolute Gasteiger partial charge is 0.404 e. The topological polar surface area (TPSA) is 81.7 Å². The third-order valence-corrected chi connectivity index (χ3v) is 6.03. The van der Waals surface area contributed by atoms with E-state index < -0.39 is 6.09 Å². The van der Waals surface area contributed by atoms with E-state index in [1.807, 2.05) is 47.4 Å². The van der Waals surface area contributed by atoms with E-state index in [-0.39, 0.29) is 30.5 Å². The molecular formula is C23H27N3O3. The molecule has 1 aliphatic heterocycles. The molecule has 2 aromatic rings. The van der Waals surface area contributed by atoms with E-state index in [4.69, 9.17) is 5.11 Å². The van der Waals surface area contributed by atoms with Gasteiger partial charge in [0.05, 0.1) is 6.04 Å². The highest BCUT2D eigenvalue weighted by Crippen LogP contribution is 2.49. The molecule has 0 saturated heterocycles. The van der Waals surface area contributed by atoms with Crippen LogP contribution >= 0.6 is 0 Å². The first-order valence-corrected chi connectivity index (χ1v) is 10.2. The number of carbonyl (C=O) groups is 2. The minimum atomic E-state index is -1.03. The second-order valence-corrected chi connectivity index (χ2v) is 8.12. The van der Waals surface area contributed by atoms with Crippen molar-refractivity contribution in [3.05, 3.63) is 59.7 Å². The van der Waals surface area contributed by atoms with Crippen LogP contribution in [0.4, 0.5) is 16.2 Å². The van der Waals surface area contributed by atoms with Crippen LogP contribution in [0.2, 0.25) is 0 Å². The largest absolute Gasteiger partial charge is 0.465 e. The number of anilines is 2. The maximum Gasteiger partial charge on any atom is 0.404 e. The molecule has 0 aromatic heterocycles. The van der Waals surface area contributed by atoms with Crippen LogP contribution in [0.25, 0.3) is 0 Å². The van der Waals surface area contributed by atoms with Gasteiger partial charge in [0.25, 0.3) is 0 Å². The lowest BCUT2D eigenvalue weighted by atomic mass is 9.80. The summed E-state index contributed by atoms with van der Waals surface area (Å²) < 4.78 is 0. The number of carbonyl (C=O) groups excluding carboxylic acids is 1. The number of hydrogen-bond donors (Lipinski definition) is 3. The zero-order valence-corrected chi connectivity index (χ0v) is 16.8. The summed E-state index contributed by atoms with van der Waals surface area (Å²) in [4.78, 5) is 25.3. The van der Waals surface area contributed by atoms with Crippen molar-refractivity contribution >= 4 is 23.4 Å². The van der Waals surface area contributed by atoms with Gasteiger partial charge in [-0.1, -0.05) is 37.3 Å². The molecule has 152 valence electrons. The van der Waals surface area contributed by atoms with Crippen molar-refractivity contribution in [2.45, 2.75) is 45.3 Å². The third kappa shape index (κ3) is 3.92. The molecule has 0 unspecified atom stereocenters. The molecule has 1 heterocycles. The zero-order valence-electron chi connectivity index (χ0n) is 16.8. The van der Waals surface area contributed by atoms with Gasteiger partial charge in [-0.05, 0) is 48.1 Å². The van der Waals surface area contributed by atoms with E-state index in [0.717, 1.165) is 22.5 Å². The number of nitrogens with one attached hydrogen (secondary N) is 2. The van der Waals surface area contributed by atoms with Crippen molar-refractivity contribution in [1.82, 2.24) is 5.32 Å². The van der Waals surface area contributed by atoms with Crippen LogP contribution in [-0.2, 0) is 11.3 Å². The predicted molar refractivity (Wildman–Crippen MR) is 113 cm³/mol. The minimum Gasteiger partial charge on any atom is -0.465 e. The zero-order chi connectivity index (χ0) is 20.5. The molecule has 3 N–H and O–H groups in total. The van der Waals surface area contributed by atoms with Gasteiger partial charge in [0.15, 0.2) is 0 Å². The first kappa shape index (κ1) is 19.3. The van der Waals surface area contributed by atoms with E-state index in [2.05, 4.69) is 23.6 Å². The molecule has 3 atom stereocenters. The molecule has 6 heteroatoms. The van der Waals surface area contributed by atoms with Crippen molar-refractivity contribution < 1.29 is 14.7 Å². The molecule has 2 aromatic carbocycles. The Morgan fingerprint density at radius 3 is 2.59 bits per heavy atom. The molecule has 0 spiro atoms. The lowest BCUT2D eigenvalue weighted by molar-refractivity contribution is -0.117. The fourth-order valence-electron chi connectivity index (χ4n) is 4.64. The van der Waals surface area contributed by atoms with Crippen molar-refractivity contribution in [3.63, 3.8) is 0 Å². The summed E-state index contributed by atoms with van der Waals surface area (Å²) in [6, 6.07) is 16.2. The number of benzene rings is 2. The Morgan fingerprint density at radius 1 is 1.14 bits per heavy atom. The van der Waals surface area contributed by atoms with E-state index in [1.165, 1.54) is 12.8 Å². The summed E-state index contributed by atoms with van der Waals surface area (Å²) in [5.41, 5.74) is 3.97. The normalized spacial score (nSPS) is 23.2. The Balaban J connectivity index is 1.66. The number of hydrogen-bond acceptors (Lipinski definition) is 3. The lowest BCUT2D eigenvalue weighted by Gasteiger charge is -2.46. The second kappa shape index (κ2) is 7.78. The average Bonchev–Trinajstić information content (AvgIpc) is 3.53. The van der Waals surface area contributed by atoms with E-state index in [0.29, 0.717) is 5.92 Å². The van der Waals surface area contributed by atoms with Crippen molar-refractivity contribution in [1.29, 1.82) is 0 Å². The van der Waals surface area contributed by atoms with Gasteiger partial charge >= 0.3 is 6.09 Å². The van der Waals surface area contributed by atoms with Crippen LogP contribution < -0.4 is 15.5 Å². The maximum atomic E-state index is 12.5. The Labute approximate surface area is 170 Å². The SMILES string of the molecule is CC(=O)N1c2ccccc2[C@H](Nc2cccc(CNC(=O)O)c2)[C@@H](C)[C@H]1C1CC1. The summed E-state index contributed by atoms with van der Waals surface area (Å²) in [6.45, 7) is 4.15. The second-order valence-electron chi connectivity index (χ2n) is 8.12. The van der Waals surface area contributed by atoms with E-state index in [1.54, 1.807) is 6.92 Å². The standard InChI is InChI=1S/C23H27N3O3/c1-14-21(25-18-7-5-6-16(12-18)13-24-23(28)29)19-8-3-4-9-20(19)26(15(2)27)22(14)17-10-11-17/h3-9,12,14,17,21-22,24-25H,10-11,13H2,1-2H3,(H,28,29)/t14-,21-,22+/m1/s1. The van der Waals surface area contributed by atoms with Gasteiger partial charge in [0, 0.05) is 36.8 Å². The molecule has 1 aliphatic carbocycles. The van der Waals surface area contributed by atoms with Gasteiger partial charge in [-0.15, -0.1) is 0 Å². The van der Waals surface area contributed by atoms with Gasteiger partial charge in [0.2, 0.25) is 5.91 Å². The highest BCUT2D eigenvalue weighted by molar-refractivity contribution is 5.94. The Morgan fingerprint density at radius 2 is 1.90 bits per heavy atom. The molecule has 2 aliphatic rings. The van der Waals surface area contributed by atoms with Gasteiger partial charge in [-0.3, -0.25) is 4.79 Å². The minimum absolute atomic E-state index is 0.0788. The van der Waals surface area contributed by atoms with Crippen molar-refractivity contribution in [2.75, 3.05) is 10.2 Å². The number of rotatable bonds is 5. The summed E-state index contributed by atoms with van der Waals surface area (Å²) in [5.74, 6) is 0.904. The Kier molecular flexibility index (Phi) is 5.18. The Bertz CT molecular complexity index is 925. The Hall–Kier alpha value is -3.02. The fourth-order valence-corrected chi connectivity index (χ4v) is 4.64. The number of amides is 2. The van der Waals surface area contributed by atoms with Crippen LogP contribution in [0.3, 0.4) is 0 Å². The molecule has 2 amide bonds. The van der Waals surface area contributed by atoms with Crippen molar-refractivity contribution in [2.24, 2.45) is 11.8 Å². The van der Waals surface area contributed by atoms with Crippen LogP contribution in [0.1, 0.15) is 43.9 Å². The van der Waals surface area contributed by atoms with Gasteiger partial charge in [0.1, 0.15) is 0 Å². The predicted octanol–water partition coefficient (Wildman–Crippen LogP) is 4.39. The average molecular weight is 393 g/mol. The molecule has 6 nitrogen and oxygen atoms in total. The number of carboxylic acid groups (broad SMARTS) is 1. The van der Waals surface area contributed by atoms with Gasteiger partial charge in [-0.25, -0.2) is 4.79 Å². The highest BCUT2D eigenvalue weighted by Gasteiger charge is 2.47. The molecule has 0 bridgehead atoms. The van der Waals surface area contributed by atoms with Gasteiger partial charge in [-0.2, -0.15) is 0 Å². The first-order valence-electron chi connectivity index (χ1n) is 10.2. The van der Waals surface area contributed by atoms with E-state index >= 15 is 0 Å². The van der Waals surface area contributed by atoms with Crippen LogP contribution in [0.5, 0.6) is 0 Å². The number of para-hydroxylation sites is 1. The highest BCUT2D eigenvalue weighted by atomic mass is 16.4. The third-order valence-electron chi connectivity index (χ3n) is 6.03. The first-order chi connectivity index (χ1) is 14.0. The monoisotopic (exact) mass is 393 g/mol. The summed E-state index contributed by atoms with van der Waals surface area (Å²) in [7, 11) is 0. The quantitative estimate of drug-likeness (QED) is 0.704. The number of nitrogens with zero attached hydrogens (tertiary/aromatic N) is 1. The molecule has 0 radical (unpaired) electrons. The molecule has 1 fully saturated rings.